The predicted molar refractivity (Wildman–Crippen MR) is 56.3 cm³/mol. The predicted octanol–water partition coefficient (Wildman–Crippen LogP) is -0.653. The van der Waals surface area contributed by atoms with Crippen LogP contribution in [-0.2, 0) is 9.59 Å². The van der Waals surface area contributed by atoms with E-state index in [1.54, 1.807) is 0 Å². The number of carbonyl (C=O) groups excluding carboxylic acids is 2. The van der Waals surface area contributed by atoms with Crippen molar-refractivity contribution in [3.05, 3.63) is 13.8 Å². The van der Waals surface area contributed by atoms with E-state index in [-0.39, 0.29) is 23.9 Å². The van der Waals surface area contributed by atoms with Gasteiger partial charge >= 0.3 is 23.9 Å². The molecule has 0 spiro atoms. The smallest absolute Gasteiger partial charge is 0.543 e. The van der Waals surface area contributed by atoms with Crippen molar-refractivity contribution in [2.24, 2.45) is 0 Å². The van der Waals surface area contributed by atoms with Crippen LogP contribution in [0, 0.1) is 13.8 Å². The summed E-state index contributed by atoms with van der Waals surface area (Å²) >= 11 is 0. The molecule has 0 N–H and O–H groups in total. The third-order valence-electron chi connectivity index (χ3n) is 0.874. The van der Waals surface area contributed by atoms with E-state index >= 15 is 0 Å². The van der Waals surface area contributed by atoms with Gasteiger partial charge in [-0.25, -0.2) is 0 Å². The third-order valence-corrected chi connectivity index (χ3v) is 0.874. The summed E-state index contributed by atoms with van der Waals surface area (Å²) in [5.41, 5.74) is 0. The maximum atomic E-state index is 8.93. The summed E-state index contributed by atoms with van der Waals surface area (Å²) in [6.45, 7) is 11.4. The summed E-state index contributed by atoms with van der Waals surface area (Å²) in [6, 6.07) is 0. The van der Waals surface area contributed by atoms with E-state index in [9.17, 15) is 0 Å². The molecule has 4 radical (unpaired) electrons. The summed E-state index contributed by atoms with van der Waals surface area (Å²) in [6.07, 6.45) is 4.56. The van der Waals surface area contributed by atoms with E-state index in [0.29, 0.717) is 0 Å². The first-order valence-corrected chi connectivity index (χ1v) is 4.48. The summed E-state index contributed by atoms with van der Waals surface area (Å²) in [7, 11) is 0. The van der Waals surface area contributed by atoms with Gasteiger partial charge in [0.1, 0.15) is 0 Å². The quantitative estimate of drug-likeness (QED) is 0.500. The van der Waals surface area contributed by atoms with Crippen LogP contribution < -0.4 is 10.2 Å². The van der Waals surface area contributed by atoms with Gasteiger partial charge in [0.05, 0.1) is 11.9 Å². The van der Waals surface area contributed by atoms with Crippen LogP contribution in [0.2, 0.25) is 0 Å². The molecule has 0 aromatic rings. The first kappa shape index (κ1) is 24.1. The number of rotatable bonds is 2. The molecule has 0 aliphatic heterocycles. The van der Waals surface area contributed by atoms with Gasteiger partial charge in [-0.3, -0.25) is 0 Å². The van der Waals surface area contributed by atoms with E-state index < -0.39 is 11.9 Å². The van der Waals surface area contributed by atoms with Gasteiger partial charge in [-0.2, -0.15) is 0 Å². The SMILES string of the molecule is O=C([O-])C(=O)[O-].[CH2]CCC.[CH2]CCC.[Sn+2]. The Morgan fingerprint density at radius 2 is 1.07 bits per heavy atom. The van der Waals surface area contributed by atoms with Crippen molar-refractivity contribution in [3.8, 4) is 0 Å². The Hall–Kier alpha value is -0.261. The van der Waals surface area contributed by atoms with Crippen LogP contribution >= 0.6 is 0 Å². The van der Waals surface area contributed by atoms with Gasteiger partial charge in [-0.05, 0) is 0 Å². The molecule has 0 heterocycles. The van der Waals surface area contributed by atoms with Gasteiger partial charge in [0.2, 0.25) is 0 Å². The number of unbranched alkanes of at least 4 members (excludes halogenated alkanes) is 2. The van der Waals surface area contributed by atoms with Crippen LogP contribution in [0.15, 0.2) is 0 Å². The monoisotopic (exact) mass is 322 g/mol. The summed E-state index contributed by atoms with van der Waals surface area (Å²) in [5, 5.41) is 17.9. The molecule has 86 valence electrons. The molecule has 15 heavy (non-hydrogen) atoms. The number of carboxylic acid groups (broad SMARTS) is 2. The number of aliphatic carboxylic acids is 2. The van der Waals surface area contributed by atoms with Gasteiger partial charge < -0.3 is 19.8 Å². The molecular weight excluding hydrogens is 303 g/mol. The fraction of sp³-hybridized carbons (Fsp3) is 0.600. The second-order valence-corrected chi connectivity index (χ2v) is 2.28. The van der Waals surface area contributed by atoms with Crippen molar-refractivity contribution in [2.45, 2.75) is 39.5 Å². The van der Waals surface area contributed by atoms with Gasteiger partial charge in [0, 0.05) is 0 Å². The molecule has 0 saturated heterocycles. The van der Waals surface area contributed by atoms with Crippen molar-refractivity contribution < 1.29 is 19.8 Å². The molecule has 5 heteroatoms. The number of hydrogen-bond acceptors (Lipinski definition) is 4. The minimum Gasteiger partial charge on any atom is -0.543 e. The molecular formula is C10H18O4Sn. The molecule has 0 aliphatic carbocycles. The molecule has 0 amide bonds. The van der Waals surface area contributed by atoms with E-state index in [4.69, 9.17) is 19.8 Å². The zero-order valence-corrected chi connectivity index (χ0v) is 12.2. The van der Waals surface area contributed by atoms with Crippen molar-refractivity contribution in [1.82, 2.24) is 0 Å². The Bertz CT molecular complexity index is 117. The van der Waals surface area contributed by atoms with Crippen LogP contribution in [0.1, 0.15) is 39.5 Å². The fourth-order valence-electron chi connectivity index (χ4n) is 0. The Morgan fingerprint density at radius 1 is 0.933 bits per heavy atom. The van der Waals surface area contributed by atoms with Crippen LogP contribution in [0.5, 0.6) is 0 Å². The molecule has 0 rings (SSSR count). The zero-order chi connectivity index (χ0) is 12.0. The van der Waals surface area contributed by atoms with E-state index in [1.165, 1.54) is 12.8 Å². The molecule has 4 nitrogen and oxygen atoms in total. The molecule has 0 atom stereocenters. The van der Waals surface area contributed by atoms with Gasteiger partial charge in [0.15, 0.2) is 0 Å². The molecule has 0 aromatic heterocycles. The average Bonchev–Trinajstić information content (AvgIpc) is 2.18. The Labute approximate surface area is 109 Å². The van der Waals surface area contributed by atoms with Crippen LogP contribution in [0.3, 0.4) is 0 Å². The molecule has 0 saturated carbocycles. The normalized spacial score (nSPS) is 6.93. The Balaban J connectivity index is -0.0000000606. The van der Waals surface area contributed by atoms with E-state index in [2.05, 4.69) is 27.7 Å². The number of hydrogen-bond donors (Lipinski definition) is 0. The van der Waals surface area contributed by atoms with E-state index in [1.807, 2.05) is 0 Å². The van der Waals surface area contributed by atoms with Crippen LogP contribution in [0.25, 0.3) is 0 Å². The maximum absolute atomic E-state index is 8.93. The summed E-state index contributed by atoms with van der Waals surface area (Å²) < 4.78 is 0. The number of carboxylic acids is 2. The minimum atomic E-state index is -2.19. The van der Waals surface area contributed by atoms with Crippen molar-refractivity contribution in [3.63, 3.8) is 0 Å². The Morgan fingerprint density at radius 3 is 1.07 bits per heavy atom. The Kier molecular flexibility index (Phi) is 37.8. The van der Waals surface area contributed by atoms with Gasteiger partial charge in [0.25, 0.3) is 0 Å². The molecule has 0 unspecified atom stereocenters. The van der Waals surface area contributed by atoms with Crippen LogP contribution in [0.4, 0.5) is 0 Å². The average molecular weight is 321 g/mol. The van der Waals surface area contributed by atoms with E-state index in [0.717, 1.165) is 12.8 Å². The molecule has 0 fully saturated rings. The summed E-state index contributed by atoms with van der Waals surface area (Å²) in [4.78, 5) is 17.9. The fourth-order valence-corrected chi connectivity index (χ4v) is 0. The molecule has 0 bridgehead atoms. The standard InChI is InChI=1S/2C4H9.C2H2O4.Sn/c2*1-3-4-2;3-1(4)2(5)6;/h2*1,3-4H2,2H3;(H,3,4)(H,5,6);/q;;;+2/p-2. The number of carbonyl (C=O) groups is 2. The summed E-state index contributed by atoms with van der Waals surface area (Å²) in [5.74, 6) is -4.37. The maximum Gasteiger partial charge on any atom is 2.00 e. The largest absolute Gasteiger partial charge is 2.00 e. The minimum absolute atomic E-state index is 0. The second-order valence-electron chi connectivity index (χ2n) is 2.28. The first-order valence-electron chi connectivity index (χ1n) is 4.48. The zero-order valence-electron chi connectivity index (χ0n) is 9.38. The second kappa shape index (κ2) is 23.5. The van der Waals surface area contributed by atoms with Crippen molar-refractivity contribution >= 4 is 35.8 Å². The first-order chi connectivity index (χ1) is 6.47. The van der Waals surface area contributed by atoms with Gasteiger partial charge in [-0.15, -0.1) is 0 Å². The molecule has 0 aromatic carbocycles. The van der Waals surface area contributed by atoms with Crippen molar-refractivity contribution in [2.75, 3.05) is 0 Å². The van der Waals surface area contributed by atoms with Crippen LogP contribution in [-0.4, -0.2) is 35.8 Å². The third kappa shape index (κ3) is 57.5. The molecule has 0 aliphatic rings. The topological polar surface area (TPSA) is 80.3 Å². The van der Waals surface area contributed by atoms with Crippen molar-refractivity contribution in [1.29, 1.82) is 0 Å². The van der Waals surface area contributed by atoms with Gasteiger partial charge in [-0.1, -0.05) is 53.4 Å².